The van der Waals surface area contributed by atoms with Crippen LogP contribution in [0.4, 0.5) is 22.1 Å². The average Bonchev–Trinajstić information content (AvgIpc) is 2.45. The van der Waals surface area contributed by atoms with E-state index in [-0.39, 0.29) is 29.7 Å². The zero-order chi connectivity index (χ0) is 17.6. The Balaban J connectivity index is 1.69. The highest BCUT2D eigenvalue weighted by Crippen LogP contribution is 2.37. The Hall–Kier alpha value is -2.58. The van der Waals surface area contributed by atoms with Crippen molar-refractivity contribution < 1.29 is 14.5 Å². The molecule has 0 saturated carbocycles. The molecule has 9 heteroatoms. The summed E-state index contributed by atoms with van der Waals surface area (Å²) in [6, 6.07) is 3.24. The lowest BCUT2D eigenvalue weighted by Crippen LogP contribution is -2.70. The van der Waals surface area contributed by atoms with E-state index in [9.17, 15) is 14.9 Å². The third kappa shape index (κ3) is 2.93. The number of hydrogen-bond acceptors (Lipinski definition) is 7. The Morgan fingerprint density at radius 3 is 2.50 bits per heavy atom. The van der Waals surface area contributed by atoms with Gasteiger partial charge in [-0.25, -0.2) is 9.78 Å². The van der Waals surface area contributed by atoms with Crippen LogP contribution in [0.15, 0.2) is 12.1 Å². The molecule has 4 heterocycles. The smallest absolute Gasteiger partial charge is 0.410 e. The quantitative estimate of drug-likeness (QED) is 0.647. The highest BCUT2D eigenvalue weighted by molar-refractivity contribution is 5.70. The number of anilines is 2. The maximum atomic E-state index is 12.2. The molecule has 1 aromatic heterocycles. The van der Waals surface area contributed by atoms with Crippen LogP contribution < -0.4 is 10.6 Å². The van der Waals surface area contributed by atoms with Crippen molar-refractivity contribution in [2.45, 2.75) is 44.9 Å². The summed E-state index contributed by atoms with van der Waals surface area (Å²) in [5.74, 6) is 0.523. The van der Waals surface area contributed by atoms with Crippen molar-refractivity contribution in [1.82, 2.24) is 9.88 Å². The third-order valence-electron chi connectivity index (χ3n) is 4.19. The first kappa shape index (κ1) is 16.3. The van der Waals surface area contributed by atoms with Gasteiger partial charge in [0, 0.05) is 19.2 Å². The molecule has 3 saturated heterocycles. The fraction of sp³-hybridized carbons (Fsp3) is 0.600. The molecule has 2 atom stereocenters. The van der Waals surface area contributed by atoms with Crippen LogP contribution in [0.2, 0.25) is 0 Å². The van der Waals surface area contributed by atoms with Gasteiger partial charge in [0.05, 0.1) is 17.0 Å². The van der Waals surface area contributed by atoms with Crippen molar-refractivity contribution in [1.29, 1.82) is 0 Å². The van der Waals surface area contributed by atoms with E-state index < -0.39 is 10.5 Å². The number of pyridine rings is 1. The van der Waals surface area contributed by atoms with E-state index in [1.165, 1.54) is 6.07 Å². The van der Waals surface area contributed by atoms with Crippen LogP contribution in [0.5, 0.6) is 0 Å². The Kier molecular flexibility index (Phi) is 3.73. The number of nitrogens with two attached hydrogens (primary N) is 1. The van der Waals surface area contributed by atoms with Crippen molar-refractivity contribution in [3.63, 3.8) is 0 Å². The number of aromatic nitrogens is 1. The molecule has 130 valence electrons. The highest BCUT2D eigenvalue weighted by atomic mass is 16.6. The highest BCUT2D eigenvalue weighted by Gasteiger charge is 2.47. The topological polar surface area (TPSA) is 115 Å². The van der Waals surface area contributed by atoms with Crippen molar-refractivity contribution in [2.75, 3.05) is 23.7 Å². The van der Waals surface area contributed by atoms with Crippen LogP contribution in [0.1, 0.15) is 27.2 Å². The van der Waals surface area contributed by atoms with Gasteiger partial charge in [-0.1, -0.05) is 0 Å². The molecule has 1 aromatic rings. The first-order valence-electron chi connectivity index (χ1n) is 7.83. The van der Waals surface area contributed by atoms with Crippen molar-refractivity contribution >= 4 is 23.4 Å². The predicted molar refractivity (Wildman–Crippen MR) is 87.8 cm³/mol. The van der Waals surface area contributed by atoms with Gasteiger partial charge < -0.3 is 20.3 Å². The third-order valence-corrected chi connectivity index (χ3v) is 4.19. The lowest BCUT2D eigenvalue weighted by molar-refractivity contribution is -0.384. The van der Waals surface area contributed by atoms with Crippen LogP contribution in [-0.4, -0.2) is 51.7 Å². The van der Waals surface area contributed by atoms with Gasteiger partial charge in [0.15, 0.2) is 0 Å². The fourth-order valence-electron chi connectivity index (χ4n) is 3.21. The van der Waals surface area contributed by atoms with Crippen LogP contribution in [0.25, 0.3) is 0 Å². The summed E-state index contributed by atoms with van der Waals surface area (Å²) in [4.78, 5) is 30.4. The first-order chi connectivity index (χ1) is 11.2. The minimum atomic E-state index is -0.548. The number of carbonyl (C=O) groups is 1. The number of fused-ring (bicyclic) bond motifs is 2. The fourth-order valence-corrected chi connectivity index (χ4v) is 3.21. The number of rotatable bonds is 2. The Morgan fingerprint density at radius 1 is 1.38 bits per heavy atom. The normalized spacial score (nSPS) is 22.8. The summed E-state index contributed by atoms with van der Waals surface area (Å²) >= 11 is 0. The lowest BCUT2D eigenvalue weighted by atomic mass is 9.87. The number of nitro groups is 1. The van der Waals surface area contributed by atoms with Gasteiger partial charge in [0.25, 0.3) is 0 Å². The van der Waals surface area contributed by atoms with Gasteiger partial charge in [-0.2, -0.15) is 0 Å². The molecule has 0 aromatic carbocycles. The molecule has 0 unspecified atom stereocenters. The molecule has 0 radical (unpaired) electrons. The zero-order valence-corrected chi connectivity index (χ0v) is 13.9. The molecule has 3 aliphatic heterocycles. The number of piperidine rings is 1. The van der Waals surface area contributed by atoms with Gasteiger partial charge in [-0.15, -0.1) is 0 Å². The number of nitrogens with zero attached hydrogens (tertiary/aromatic N) is 4. The molecule has 1 amide bonds. The molecule has 2 bridgehead atoms. The maximum absolute atomic E-state index is 12.2. The van der Waals surface area contributed by atoms with E-state index in [0.717, 1.165) is 6.42 Å². The summed E-state index contributed by atoms with van der Waals surface area (Å²) in [6.45, 7) is 6.61. The van der Waals surface area contributed by atoms with Gasteiger partial charge in [0.2, 0.25) is 5.82 Å². The van der Waals surface area contributed by atoms with Crippen LogP contribution in [-0.2, 0) is 4.74 Å². The predicted octanol–water partition coefficient (Wildman–Crippen LogP) is 1.77. The Bertz CT molecular complexity index is 675. The molecule has 24 heavy (non-hydrogen) atoms. The molecular weight excluding hydrogens is 314 g/mol. The van der Waals surface area contributed by atoms with Gasteiger partial charge in [-0.3, -0.25) is 10.1 Å². The van der Waals surface area contributed by atoms with Crippen molar-refractivity contribution in [3.05, 3.63) is 22.2 Å². The van der Waals surface area contributed by atoms with E-state index in [4.69, 9.17) is 10.5 Å². The Morgan fingerprint density at radius 2 is 2.00 bits per heavy atom. The second-order valence-corrected chi connectivity index (χ2v) is 7.17. The lowest BCUT2D eigenvalue weighted by Gasteiger charge is -2.56. The summed E-state index contributed by atoms with van der Waals surface area (Å²) in [5.41, 5.74) is 4.95. The molecule has 9 nitrogen and oxygen atoms in total. The number of amides is 1. The summed E-state index contributed by atoms with van der Waals surface area (Å²) in [6.07, 6.45) is 0.644. The van der Waals surface area contributed by atoms with Gasteiger partial charge in [0.1, 0.15) is 11.4 Å². The molecule has 4 rings (SSSR count). The van der Waals surface area contributed by atoms with Crippen LogP contribution in [0.3, 0.4) is 0 Å². The molecular formula is C15H21N5O4. The SMILES string of the molecule is CC(C)(C)OC(=O)N1C[C@H]2C[C@@H](C1)N2c1ccc([N+](=O)[O-])c(N)n1. The monoisotopic (exact) mass is 335 g/mol. The zero-order valence-electron chi connectivity index (χ0n) is 13.9. The second-order valence-electron chi connectivity index (χ2n) is 7.17. The van der Waals surface area contributed by atoms with Gasteiger partial charge in [-0.05, 0) is 33.3 Å². The first-order valence-corrected chi connectivity index (χ1v) is 7.83. The second kappa shape index (κ2) is 5.50. The standard InChI is InChI=1S/C15H21N5O4/c1-15(2,3)24-14(21)18-7-9-6-10(8-18)19(9)12-5-4-11(20(22)23)13(16)17-12/h4-5,9-10H,6-8H2,1-3H3,(H2,16,17)/t9-,10+. The largest absolute Gasteiger partial charge is 0.444 e. The number of ether oxygens (including phenoxy) is 1. The number of hydrogen-bond donors (Lipinski definition) is 1. The van der Waals surface area contributed by atoms with Crippen LogP contribution in [0, 0.1) is 10.1 Å². The van der Waals surface area contributed by atoms with E-state index in [1.54, 1.807) is 11.0 Å². The van der Waals surface area contributed by atoms with E-state index in [2.05, 4.69) is 9.88 Å². The van der Waals surface area contributed by atoms with Crippen molar-refractivity contribution in [2.24, 2.45) is 0 Å². The minimum Gasteiger partial charge on any atom is -0.444 e. The van der Waals surface area contributed by atoms with Crippen LogP contribution >= 0.6 is 0 Å². The number of piperazine rings is 1. The molecule has 0 spiro atoms. The van der Waals surface area contributed by atoms with E-state index in [0.29, 0.717) is 18.9 Å². The molecule has 0 aliphatic carbocycles. The van der Waals surface area contributed by atoms with E-state index in [1.807, 2.05) is 20.8 Å². The summed E-state index contributed by atoms with van der Waals surface area (Å²) in [7, 11) is 0. The minimum absolute atomic E-state index is 0.0912. The Labute approximate surface area is 139 Å². The summed E-state index contributed by atoms with van der Waals surface area (Å²) in [5, 5.41) is 10.8. The number of nitrogen functional groups attached to an aromatic ring is 1. The molecule has 3 aliphatic rings. The maximum Gasteiger partial charge on any atom is 0.410 e. The van der Waals surface area contributed by atoms with Gasteiger partial charge >= 0.3 is 11.8 Å². The van der Waals surface area contributed by atoms with E-state index >= 15 is 0 Å². The summed E-state index contributed by atoms with van der Waals surface area (Å²) < 4.78 is 5.41. The molecule has 2 N–H and O–H groups in total. The average molecular weight is 335 g/mol. The number of carbonyl (C=O) groups excluding carboxylic acids is 1. The van der Waals surface area contributed by atoms with Crippen molar-refractivity contribution in [3.8, 4) is 0 Å². The molecule has 3 fully saturated rings.